The summed E-state index contributed by atoms with van der Waals surface area (Å²) in [6, 6.07) is 0. The summed E-state index contributed by atoms with van der Waals surface area (Å²) in [7, 11) is 0. The molecule has 1 atom stereocenters. The molecule has 0 aromatic heterocycles. The van der Waals surface area contributed by atoms with E-state index in [1.54, 1.807) is 0 Å². The van der Waals surface area contributed by atoms with Crippen LogP contribution in [0.5, 0.6) is 0 Å². The van der Waals surface area contributed by atoms with Gasteiger partial charge in [-0.25, -0.2) is 0 Å². The van der Waals surface area contributed by atoms with E-state index in [9.17, 15) is 0 Å². The molecule has 0 spiro atoms. The summed E-state index contributed by atoms with van der Waals surface area (Å²) in [5.41, 5.74) is 0. The van der Waals surface area contributed by atoms with E-state index in [2.05, 4.69) is 6.92 Å². The number of hydrogen-bond acceptors (Lipinski definition) is 0. The third-order valence-electron chi connectivity index (χ3n) is 2.15. The van der Waals surface area contributed by atoms with Gasteiger partial charge in [0, 0.05) is 5.88 Å². The molecule has 9 heavy (non-hydrogen) atoms. The van der Waals surface area contributed by atoms with Crippen molar-refractivity contribution in [2.24, 2.45) is 11.8 Å². The molecule has 1 rings (SSSR count). The molecule has 0 nitrogen and oxygen atoms in total. The van der Waals surface area contributed by atoms with Gasteiger partial charge in [0.25, 0.3) is 0 Å². The Morgan fingerprint density at radius 2 is 2.22 bits per heavy atom. The van der Waals surface area contributed by atoms with Gasteiger partial charge in [-0.05, 0) is 31.1 Å². The molecule has 0 aliphatic heterocycles. The van der Waals surface area contributed by atoms with Crippen LogP contribution in [0, 0.1) is 11.8 Å². The SMILES string of the molecule is CCCC(CCl)C1CC1. The Labute approximate surface area is 62.6 Å². The lowest BCUT2D eigenvalue weighted by molar-refractivity contribution is 0.470. The smallest absolute Gasteiger partial charge is 0.0254 e. The minimum absolute atomic E-state index is 0.844. The van der Waals surface area contributed by atoms with Crippen LogP contribution < -0.4 is 0 Å². The van der Waals surface area contributed by atoms with Crippen molar-refractivity contribution in [3.63, 3.8) is 0 Å². The van der Waals surface area contributed by atoms with Crippen molar-refractivity contribution < 1.29 is 0 Å². The third kappa shape index (κ3) is 2.17. The zero-order chi connectivity index (χ0) is 6.69. The van der Waals surface area contributed by atoms with Crippen LogP contribution in [0.15, 0.2) is 0 Å². The predicted octanol–water partition coefficient (Wildman–Crippen LogP) is 3.05. The van der Waals surface area contributed by atoms with Crippen molar-refractivity contribution in [3.05, 3.63) is 0 Å². The van der Waals surface area contributed by atoms with Gasteiger partial charge in [-0.1, -0.05) is 13.3 Å². The molecular formula is C8H15Cl. The molecule has 0 aromatic carbocycles. The van der Waals surface area contributed by atoms with Gasteiger partial charge in [0.1, 0.15) is 0 Å². The molecule has 1 aliphatic rings. The van der Waals surface area contributed by atoms with Gasteiger partial charge in [0.05, 0.1) is 0 Å². The largest absolute Gasteiger partial charge is 0.126 e. The minimum atomic E-state index is 0.844. The first kappa shape index (κ1) is 7.40. The zero-order valence-electron chi connectivity index (χ0n) is 6.07. The van der Waals surface area contributed by atoms with Crippen molar-refractivity contribution in [3.8, 4) is 0 Å². The van der Waals surface area contributed by atoms with Gasteiger partial charge in [-0.15, -0.1) is 11.6 Å². The van der Waals surface area contributed by atoms with E-state index in [-0.39, 0.29) is 0 Å². The number of halogens is 1. The van der Waals surface area contributed by atoms with Crippen molar-refractivity contribution >= 4 is 11.6 Å². The summed E-state index contributed by atoms with van der Waals surface area (Å²) >= 11 is 5.78. The van der Waals surface area contributed by atoms with Gasteiger partial charge in [-0.2, -0.15) is 0 Å². The fraction of sp³-hybridized carbons (Fsp3) is 1.00. The lowest BCUT2D eigenvalue weighted by Gasteiger charge is -2.09. The molecule has 1 aliphatic carbocycles. The molecule has 0 saturated heterocycles. The van der Waals surface area contributed by atoms with Gasteiger partial charge in [0.15, 0.2) is 0 Å². The van der Waals surface area contributed by atoms with E-state index in [0.29, 0.717) is 0 Å². The fourth-order valence-electron chi connectivity index (χ4n) is 1.38. The average molecular weight is 147 g/mol. The van der Waals surface area contributed by atoms with Crippen molar-refractivity contribution in [2.75, 3.05) is 5.88 Å². The first-order valence-corrected chi connectivity index (χ1v) is 4.48. The highest BCUT2D eigenvalue weighted by Gasteiger charge is 2.29. The zero-order valence-corrected chi connectivity index (χ0v) is 6.82. The van der Waals surface area contributed by atoms with Crippen molar-refractivity contribution in [1.82, 2.24) is 0 Å². The van der Waals surface area contributed by atoms with E-state index < -0.39 is 0 Å². The standard InChI is InChI=1S/C8H15Cl/c1-2-3-8(6-9)7-4-5-7/h7-8H,2-6H2,1H3. The van der Waals surface area contributed by atoms with Crippen LogP contribution in [0.3, 0.4) is 0 Å². The summed E-state index contributed by atoms with van der Waals surface area (Å²) in [6.45, 7) is 2.24. The van der Waals surface area contributed by atoms with Crippen molar-refractivity contribution in [2.45, 2.75) is 32.6 Å². The second kappa shape index (κ2) is 3.46. The average Bonchev–Trinajstić information content (AvgIpc) is 2.64. The Kier molecular flexibility index (Phi) is 2.84. The molecule has 1 unspecified atom stereocenters. The second-order valence-electron chi connectivity index (χ2n) is 3.04. The molecule has 1 heteroatoms. The predicted molar refractivity (Wildman–Crippen MR) is 41.8 cm³/mol. The highest BCUT2D eigenvalue weighted by atomic mass is 35.5. The molecule has 54 valence electrons. The second-order valence-corrected chi connectivity index (χ2v) is 3.35. The summed E-state index contributed by atoms with van der Waals surface area (Å²) in [5.74, 6) is 2.73. The highest BCUT2D eigenvalue weighted by Crippen LogP contribution is 2.39. The van der Waals surface area contributed by atoms with Gasteiger partial charge in [-0.3, -0.25) is 0 Å². The van der Waals surface area contributed by atoms with Gasteiger partial charge in [0.2, 0.25) is 0 Å². The molecule has 0 heterocycles. The Balaban J connectivity index is 2.12. The molecule has 0 radical (unpaired) electrons. The first-order valence-electron chi connectivity index (χ1n) is 3.94. The van der Waals surface area contributed by atoms with E-state index in [1.165, 1.54) is 25.7 Å². The number of hydrogen-bond donors (Lipinski definition) is 0. The lowest BCUT2D eigenvalue weighted by Crippen LogP contribution is -2.03. The molecular weight excluding hydrogens is 132 g/mol. The van der Waals surface area contributed by atoms with E-state index >= 15 is 0 Å². The van der Waals surface area contributed by atoms with Crippen LogP contribution in [0.1, 0.15) is 32.6 Å². The van der Waals surface area contributed by atoms with Crippen LogP contribution in [-0.2, 0) is 0 Å². The summed E-state index contributed by atoms with van der Waals surface area (Å²) in [4.78, 5) is 0. The third-order valence-corrected chi connectivity index (χ3v) is 2.54. The minimum Gasteiger partial charge on any atom is -0.126 e. The molecule has 0 aromatic rings. The monoisotopic (exact) mass is 146 g/mol. The maximum atomic E-state index is 5.78. The van der Waals surface area contributed by atoms with Crippen LogP contribution in [0.2, 0.25) is 0 Å². The fourth-order valence-corrected chi connectivity index (χ4v) is 1.78. The lowest BCUT2D eigenvalue weighted by atomic mass is 10.0. The summed E-state index contributed by atoms with van der Waals surface area (Å²) in [6.07, 6.45) is 5.52. The van der Waals surface area contributed by atoms with Crippen molar-refractivity contribution in [1.29, 1.82) is 0 Å². The molecule has 0 bridgehead atoms. The maximum Gasteiger partial charge on any atom is 0.0254 e. The molecule has 0 amide bonds. The Morgan fingerprint density at radius 3 is 2.56 bits per heavy atom. The number of alkyl halides is 1. The summed E-state index contributed by atoms with van der Waals surface area (Å²) < 4.78 is 0. The Hall–Kier alpha value is 0.290. The normalized spacial score (nSPS) is 22.0. The van der Waals surface area contributed by atoms with Gasteiger partial charge < -0.3 is 0 Å². The molecule has 1 saturated carbocycles. The van der Waals surface area contributed by atoms with Crippen LogP contribution in [0.4, 0.5) is 0 Å². The Bertz CT molecular complexity index is 76.6. The Morgan fingerprint density at radius 1 is 1.56 bits per heavy atom. The quantitative estimate of drug-likeness (QED) is 0.535. The molecule has 0 N–H and O–H groups in total. The first-order chi connectivity index (χ1) is 4.38. The van der Waals surface area contributed by atoms with Crippen LogP contribution >= 0.6 is 11.6 Å². The van der Waals surface area contributed by atoms with E-state index in [0.717, 1.165) is 17.7 Å². The topological polar surface area (TPSA) is 0 Å². The maximum absolute atomic E-state index is 5.78. The van der Waals surface area contributed by atoms with E-state index in [1.807, 2.05) is 0 Å². The van der Waals surface area contributed by atoms with Gasteiger partial charge >= 0.3 is 0 Å². The highest BCUT2D eigenvalue weighted by molar-refractivity contribution is 6.18. The van der Waals surface area contributed by atoms with Crippen LogP contribution in [0.25, 0.3) is 0 Å². The van der Waals surface area contributed by atoms with Crippen LogP contribution in [-0.4, -0.2) is 5.88 Å². The number of rotatable bonds is 4. The van der Waals surface area contributed by atoms with E-state index in [4.69, 9.17) is 11.6 Å². The summed E-state index contributed by atoms with van der Waals surface area (Å²) in [5, 5.41) is 0. The molecule has 1 fully saturated rings.